The second-order valence-electron chi connectivity index (χ2n) is 5.38. The van der Waals surface area contributed by atoms with Crippen LogP contribution in [0.5, 0.6) is 0 Å². The molecule has 0 saturated carbocycles. The molecule has 0 bridgehead atoms. The fourth-order valence-corrected chi connectivity index (χ4v) is 2.60. The summed E-state index contributed by atoms with van der Waals surface area (Å²) in [5, 5.41) is 13.1. The minimum Gasteiger partial charge on any atom is -0.480 e. The first-order chi connectivity index (χ1) is 8.70. The molecule has 106 valence electrons. The Labute approximate surface area is 116 Å². The number of carboxylic acids is 1. The maximum atomic E-state index is 12.4. The van der Waals surface area contributed by atoms with Crippen molar-refractivity contribution in [3.05, 3.63) is 10.6 Å². The number of hydrogen-bond donors (Lipinski definition) is 1. The van der Waals surface area contributed by atoms with Crippen LogP contribution in [0.2, 0.25) is 0 Å². The molecular formula is C12H19N3O3S. The van der Waals surface area contributed by atoms with Crippen LogP contribution in [-0.2, 0) is 10.2 Å². The smallest absolute Gasteiger partial charge is 0.326 e. The van der Waals surface area contributed by atoms with Crippen LogP contribution in [0.25, 0.3) is 0 Å². The van der Waals surface area contributed by atoms with Crippen molar-refractivity contribution >= 4 is 23.4 Å². The van der Waals surface area contributed by atoms with Gasteiger partial charge in [-0.25, -0.2) is 4.79 Å². The van der Waals surface area contributed by atoms with E-state index in [1.165, 1.54) is 11.9 Å². The molecule has 0 fully saturated rings. The highest BCUT2D eigenvalue weighted by atomic mass is 32.1. The quantitative estimate of drug-likeness (QED) is 0.911. The first-order valence-electron chi connectivity index (χ1n) is 6.03. The van der Waals surface area contributed by atoms with Gasteiger partial charge < -0.3 is 10.0 Å². The second-order valence-corrected chi connectivity index (χ2v) is 6.13. The van der Waals surface area contributed by atoms with Crippen molar-refractivity contribution in [1.29, 1.82) is 0 Å². The lowest BCUT2D eigenvalue weighted by Crippen LogP contribution is -2.42. The van der Waals surface area contributed by atoms with Gasteiger partial charge in [-0.15, -0.1) is 5.10 Å². The molecule has 1 amide bonds. The second kappa shape index (κ2) is 5.64. The van der Waals surface area contributed by atoms with Gasteiger partial charge in [-0.1, -0.05) is 32.2 Å². The van der Waals surface area contributed by atoms with E-state index in [2.05, 4.69) is 9.59 Å². The van der Waals surface area contributed by atoms with Crippen molar-refractivity contribution in [3.63, 3.8) is 0 Å². The van der Waals surface area contributed by atoms with Gasteiger partial charge in [0, 0.05) is 12.5 Å². The van der Waals surface area contributed by atoms with Crippen LogP contribution >= 0.6 is 11.5 Å². The molecule has 0 aliphatic rings. The Bertz CT molecular complexity index is 479. The molecule has 1 heterocycles. The number of carboxylic acid groups (broad SMARTS) is 1. The minimum absolute atomic E-state index is 0.302. The highest BCUT2D eigenvalue weighted by Gasteiger charge is 2.32. The predicted molar refractivity (Wildman–Crippen MR) is 72.4 cm³/mol. The first kappa shape index (κ1) is 15.6. The van der Waals surface area contributed by atoms with E-state index in [9.17, 15) is 9.59 Å². The summed E-state index contributed by atoms with van der Waals surface area (Å²) >= 11 is 1.01. The number of hydrogen-bond acceptors (Lipinski definition) is 5. The van der Waals surface area contributed by atoms with Crippen LogP contribution in [0, 0.1) is 0 Å². The summed E-state index contributed by atoms with van der Waals surface area (Å²) < 4.78 is 3.82. The van der Waals surface area contributed by atoms with E-state index >= 15 is 0 Å². The molecule has 0 saturated heterocycles. The van der Waals surface area contributed by atoms with Gasteiger partial charge in [-0.2, -0.15) is 0 Å². The lowest BCUT2D eigenvalue weighted by Gasteiger charge is -2.24. The van der Waals surface area contributed by atoms with Gasteiger partial charge in [0.1, 0.15) is 10.9 Å². The van der Waals surface area contributed by atoms with Crippen molar-refractivity contribution in [2.75, 3.05) is 7.05 Å². The highest BCUT2D eigenvalue weighted by Crippen LogP contribution is 2.27. The monoisotopic (exact) mass is 285 g/mol. The number of nitrogens with zero attached hydrogens (tertiary/aromatic N) is 3. The van der Waals surface area contributed by atoms with Gasteiger partial charge in [0.15, 0.2) is 0 Å². The molecule has 0 aromatic carbocycles. The molecule has 19 heavy (non-hydrogen) atoms. The number of likely N-dealkylation sites (N-methyl/N-ethyl adjacent to an activating group) is 1. The number of aliphatic carboxylic acids is 1. The lowest BCUT2D eigenvalue weighted by atomic mass is 9.91. The van der Waals surface area contributed by atoms with E-state index in [4.69, 9.17) is 5.11 Å². The maximum absolute atomic E-state index is 12.4. The molecule has 7 heteroatoms. The molecule has 1 aromatic heterocycles. The molecule has 1 atom stereocenters. The number of carbonyl (C=O) groups excluding carboxylic acids is 1. The van der Waals surface area contributed by atoms with Gasteiger partial charge in [0.2, 0.25) is 0 Å². The van der Waals surface area contributed by atoms with E-state index in [0.717, 1.165) is 11.5 Å². The molecule has 1 N–H and O–H groups in total. The number of amides is 1. The first-order valence-corrected chi connectivity index (χ1v) is 6.80. The van der Waals surface area contributed by atoms with E-state index in [0.29, 0.717) is 17.0 Å². The molecule has 1 rings (SSSR count). The standard InChI is InChI=1S/C12H19N3O3S/c1-6-7(11(17)18)15(5)10(16)8-9(12(2,3)4)13-14-19-8/h7H,6H2,1-5H3,(H,17,18). The minimum atomic E-state index is -1.01. The largest absolute Gasteiger partial charge is 0.480 e. The maximum Gasteiger partial charge on any atom is 0.326 e. The summed E-state index contributed by atoms with van der Waals surface area (Å²) in [5.41, 5.74) is 0.304. The molecule has 1 unspecified atom stereocenters. The topological polar surface area (TPSA) is 83.4 Å². The summed E-state index contributed by atoms with van der Waals surface area (Å²) in [6.45, 7) is 7.55. The molecule has 0 spiro atoms. The third-order valence-corrected chi connectivity index (χ3v) is 3.57. The molecule has 6 nitrogen and oxygen atoms in total. The molecule has 0 radical (unpaired) electrons. The summed E-state index contributed by atoms with van der Waals surface area (Å²) in [4.78, 5) is 25.1. The van der Waals surface area contributed by atoms with Crippen molar-refractivity contribution in [2.45, 2.75) is 45.6 Å². The average molecular weight is 285 g/mol. The zero-order valence-electron chi connectivity index (χ0n) is 11.8. The fourth-order valence-electron chi connectivity index (χ4n) is 1.74. The van der Waals surface area contributed by atoms with Crippen molar-refractivity contribution < 1.29 is 14.7 Å². The van der Waals surface area contributed by atoms with Crippen LogP contribution < -0.4 is 0 Å². The van der Waals surface area contributed by atoms with Gasteiger partial charge in [-0.3, -0.25) is 4.79 Å². The van der Waals surface area contributed by atoms with E-state index in [1.807, 2.05) is 20.8 Å². The lowest BCUT2D eigenvalue weighted by molar-refractivity contribution is -0.142. The van der Waals surface area contributed by atoms with E-state index < -0.39 is 12.0 Å². The molecule has 0 aliphatic heterocycles. The zero-order valence-corrected chi connectivity index (χ0v) is 12.6. The van der Waals surface area contributed by atoms with Gasteiger partial charge in [-0.05, 0) is 18.0 Å². The highest BCUT2D eigenvalue weighted by molar-refractivity contribution is 7.08. The summed E-state index contributed by atoms with van der Waals surface area (Å²) in [6.07, 6.45) is 0.356. The number of carbonyl (C=O) groups is 2. The summed E-state index contributed by atoms with van der Waals surface area (Å²) in [5.74, 6) is -1.35. The Morgan fingerprint density at radius 3 is 2.42 bits per heavy atom. The van der Waals surface area contributed by atoms with Crippen molar-refractivity contribution in [3.8, 4) is 0 Å². The Morgan fingerprint density at radius 1 is 1.42 bits per heavy atom. The van der Waals surface area contributed by atoms with Crippen molar-refractivity contribution in [1.82, 2.24) is 14.5 Å². The van der Waals surface area contributed by atoms with E-state index in [-0.39, 0.29) is 11.3 Å². The Balaban J connectivity index is 3.08. The van der Waals surface area contributed by atoms with Crippen LogP contribution in [0.1, 0.15) is 49.5 Å². The predicted octanol–water partition coefficient (Wildman–Crippen LogP) is 1.77. The van der Waals surface area contributed by atoms with Crippen molar-refractivity contribution in [2.24, 2.45) is 0 Å². The SMILES string of the molecule is CCC(C(=O)O)N(C)C(=O)c1snnc1C(C)(C)C. The Hall–Kier alpha value is -1.50. The molecule has 1 aromatic rings. The molecule has 0 aliphatic carbocycles. The van der Waals surface area contributed by atoms with Crippen LogP contribution in [0.3, 0.4) is 0 Å². The Morgan fingerprint density at radius 2 is 2.00 bits per heavy atom. The fraction of sp³-hybridized carbons (Fsp3) is 0.667. The third-order valence-electron chi connectivity index (χ3n) is 2.85. The third kappa shape index (κ3) is 3.28. The summed E-state index contributed by atoms with van der Waals surface area (Å²) in [7, 11) is 1.50. The summed E-state index contributed by atoms with van der Waals surface area (Å²) in [6, 6.07) is -0.831. The van der Waals surface area contributed by atoms with E-state index in [1.54, 1.807) is 6.92 Å². The molecular weight excluding hydrogens is 266 g/mol. The van der Waals surface area contributed by atoms with Gasteiger partial charge in [0.05, 0.1) is 5.69 Å². The number of aromatic nitrogens is 2. The normalized spacial score (nSPS) is 13.1. The zero-order chi connectivity index (χ0) is 14.8. The van der Waals surface area contributed by atoms with Crippen LogP contribution in [0.4, 0.5) is 0 Å². The number of rotatable bonds is 4. The van der Waals surface area contributed by atoms with Gasteiger partial charge >= 0.3 is 5.97 Å². The Kier molecular flexibility index (Phi) is 4.62. The average Bonchev–Trinajstić information content (AvgIpc) is 2.76. The van der Waals surface area contributed by atoms with Gasteiger partial charge in [0.25, 0.3) is 5.91 Å². The van der Waals surface area contributed by atoms with Crippen LogP contribution in [0.15, 0.2) is 0 Å². The van der Waals surface area contributed by atoms with Crippen LogP contribution in [-0.4, -0.2) is 44.6 Å².